The fourth-order valence-corrected chi connectivity index (χ4v) is 2.15. The van der Waals surface area contributed by atoms with Crippen LogP contribution >= 0.6 is 0 Å². The number of hydrogen-bond donors (Lipinski definition) is 1. The normalized spacial score (nSPS) is 13.4. The summed E-state index contributed by atoms with van der Waals surface area (Å²) < 4.78 is 5.48. The Balaban J connectivity index is 1.96. The molecule has 3 nitrogen and oxygen atoms in total. The minimum Gasteiger partial charge on any atom is -0.459 e. The second kappa shape index (κ2) is 7.60. The van der Waals surface area contributed by atoms with Crippen molar-refractivity contribution in [1.82, 2.24) is 0 Å². The molecule has 0 heterocycles. The van der Waals surface area contributed by atoms with Crippen molar-refractivity contribution in [3.63, 3.8) is 0 Å². The molecule has 3 heteroatoms. The van der Waals surface area contributed by atoms with Crippen molar-refractivity contribution in [2.75, 3.05) is 0 Å². The zero-order valence-electron chi connectivity index (χ0n) is 12.1. The SMILES string of the molecule is CC[C@H](C[C@H](O)c1ccccc1)OC(=O)c1ccccc1. The van der Waals surface area contributed by atoms with Gasteiger partial charge in [-0.1, -0.05) is 55.5 Å². The molecule has 2 rings (SSSR count). The van der Waals surface area contributed by atoms with Crippen LogP contribution in [0.5, 0.6) is 0 Å². The van der Waals surface area contributed by atoms with Gasteiger partial charge in [0.2, 0.25) is 0 Å². The Labute approximate surface area is 125 Å². The molecule has 0 saturated heterocycles. The van der Waals surface area contributed by atoms with Gasteiger partial charge in [-0.25, -0.2) is 4.79 Å². The fourth-order valence-electron chi connectivity index (χ4n) is 2.15. The molecule has 0 amide bonds. The lowest BCUT2D eigenvalue weighted by Gasteiger charge is -2.20. The molecule has 0 aliphatic carbocycles. The third-order valence-electron chi connectivity index (χ3n) is 3.41. The lowest BCUT2D eigenvalue weighted by atomic mass is 10.0. The van der Waals surface area contributed by atoms with Gasteiger partial charge in [-0.05, 0) is 24.1 Å². The molecule has 110 valence electrons. The van der Waals surface area contributed by atoms with Crippen molar-refractivity contribution in [3.05, 3.63) is 71.8 Å². The molecule has 1 N–H and O–H groups in total. The molecule has 0 spiro atoms. The van der Waals surface area contributed by atoms with Crippen LogP contribution in [0.4, 0.5) is 0 Å². The van der Waals surface area contributed by atoms with Crippen molar-refractivity contribution < 1.29 is 14.6 Å². The first-order chi connectivity index (χ1) is 10.2. The third-order valence-corrected chi connectivity index (χ3v) is 3.41. The van der Waals surface area contributed by atoms with Crippen LogP contribution in [0, 0.1) is 0 Å². The highest BCUT2D eigenvalue weighted by molar-refractivity contribution is 5.89. The Bertz CT molecular complexity index is 551. The van der Waals surface area contributed by atoms with E-state index < -0.39 is 6.10 Å². The maximum absolute atomic E-state index is 12.0. The van der Waals surface area contributed by atoms with Gasteiger partial charge < -0.3 is 9.84 Å². The summed E-state index contributed by atoms with van der Waals surface area (Å²) in [5, 5.41) is 10.2. The van der Waals surface area contributed by atoms with Gasteiger partial charge in [0.15, 0.2) is 0 Å². The first kappa shape index (κ1) is 15.3. The average Bonchev–Trinajstić information content (AvgIpc) is 2.55. The summed E-state index contributed by atoms with van der Waals surface area (Å²) in [6.45, 7) is 1.95. The summed E-state index contributed by atoms with van der Waals surface area (Å²) in [5.41, 5.74) is 1.37. The summed E-state index contributed by atoms with van der Waals surface area (Å²) in [4.78, 5) is 12.0. The molecular weight excluding hydrogens is 264 g/mol. The molecule has 0 aromatic heterocycles. The highest BCUT2D eigenvalue weighted by atomic mass is 16.5. The van der Waals surface area contributed by atoms with E-state index in [4.69, 9.17) is 4.74 Å². The Morgan fingerprint density at radius 2 is 1.62 bits per heavy atom. The van der Waals surface area contributed by atoms with Gasteiger partial charge in [-0.3, -0.25) is 0 Å². The van der Waals surface area contributed by atoms with Crippen LogP contribution in [0.25, 0.3) is 0 Å². The van der Waals surface area contributed by atoms with Gasteiger partial charge in [0.25, 0.3) is 0 Å². The first-order valence-electron chi connectivity index (χ1n) is 7.19. The van der Waals surface area contributed by atoms with Crippen molar-refractivity contribution >= 4 is 5.97 Å². The number of ether oxygens (including phenoxy) is 1. The number of hydrogen-bond acceptors (Lipinski definition) is 3. The largest absolute Gasteiger partial charge is 0.459 e. The van der Waals surface area contributed by atoms with E-state index in [9.17, 15) is 9.90 Å². The highest BCUT2D eigenvalue weighted by Gasteiger charge is 2.19. The molecule has 0 unspecified atom stereocenters. The van der Waals surface area contributed by atoms with E-state index in [-0.39, 0.29) is 12.1 Å². The third kappa shape index (κ3) is 4.43. The standard InChI is InChI=1S/C18H20O3/c1-2-16(13-17(19)14-9-5-3-6-10-14)21-18(20)15-11-7-4-8-12-15/h3-12,16-17,19H,2,13H2,1H3/t16-,17+/m1/s1. The van der Waals surface area contributed by atoms with Crippen LogP contribution in [-0.2, 0) is 4.74 Å². The highest BCUT2D eigenvalue weighted by Crippen LogP contribution is 2.21. The molecular formula is C18H20O3. The number of aliphatic hydroxyl groups excluding tert-OH is 1. The van der Waals surface area contributed by atoms with Gasteiger partial charge in [0.05, 0.1) is 11.7 Å². The van der Waals surface area contributed by atoms with E-state index in [2.05, 4.69) is 0 Å². The quantitative estimate of drug-likeness (QED) is 0.822. The number of aliphatic hydroxyl groups is 1. The van der Waals surface area contributed by atoms with E-state index in [1.807, 2.05) is 43.3 Å². The predicted octanol–water partition coefficient (Wildman–Crippen LogP) is 3.75. The topological polar surface area (TPSA) is 46.5 Å². The van der Waals surface area contributed by atoms with Gasteiger partial charge >= 0.3 is 5.97 Å². The van der Waals surface area contributed by atoms with Gasteiger partial charge in [-0.15, -0.1) is 0 Å². The van der Waals surface area contributed by atoms with Crippen LogP contribution < -0.4 is 0 Å². The van der Waals surface area contributed by atoms with Crippen LogP contribution in [0.1, 0.15) is 41.8 Å². The molecule has 21 heavy (non-hydrogen) atoms. The number of carbonyl (C=O) groups is 1. The van der Waals surface area contributed by atoms with E-state index in [0.717, 1.165) is 5.56 Å². The fraction of sp³-hybridized carbons (Fsp3) is 0.278. The van der Waals surface area contributed by atoms with Crippen LogP contribution in [0.2, 0.25) is 0 Å². The molecule has 0 fully saturated rings. The summed E-state index contributed by atoms with van der Waals surface area (Å²) in [6.07, 6.45) is 0.148. The number of esters is 1. The number of carbonyl (C=O) groups excluding carboxylic acids is 1. The maximum Gasteiger partial charge on any atom is 0.338 e. The van der Waals surface area contributed by atoms with Crippen molar-refractivity contribution in [2.24, 2.45) is 0 Å². The van der Waals surface area contributed by atoms with E-state index in [1.165, 1.54) is 0 Å². The first-order valence-corrected chi connectivity index (χ1v) is 7.19. The number of benzene rings is 2. The number of rotatable bonds is 6. The molecule has 0 aliphatic rings. The monoisotopic (exact) mass is 284 g/mol. The van der Waals surface area contributed by atoms with Gasteiger partial charge in [-0.2, -0.15) is 0 Å². The summed E-state index contributed by atoms with van der Waals surface area (Å²) in [6, 6.07) is 18.3. The molecule has 2 atom stereocenters. The summed E-state index contributed by atoms with van der Waals surface area (Å²) in [7, 11) is 0. The van der Waals surface area contributed by atoms with Crippen LogP contribution in [-0.4, -0.2) is 17.2 Å². The van der Waals surface area contributed by atoms with E-state index in [0.29, 0.717) is 18.4 Å². The lowest BCUT2D eigenvalue weighted by molar-refractivity contribution is 0.0133. The minimum absolute atomic E-state index is 0.298. The predicted molar refractivity (Wildman–Crippen MR) is 82.0 cm³/mol. The summed E-state index contributed by atoms with van der Waals surface area (Å²) >= 11 is 0. The molecule has 2 aromatic carbocycles. The summed E-state index contributed by atoms with van der Waals surface area (Å²) in [5.74, 6) is -0.345. The Kier molecular flexibility index (Phi) is 5.52. The molecule has 0 radical (unpaired) electrons. The van der Waals surface area contributed by atoms with Crippen molar-refractivity contribution in [1.29, 1.82) is 0 Å². The maximum atomic E-state index is 12.0. The Morgan fingerprint density at radius 3 is 2.19 bits per heavy atom. The molecule has 2 aromatic rings. The van der Waals surface area contributed by atoms with E-state index in [1.54, 1.807) is 24.3 Å². The van der Waals surface area contributed by atoms with Crippen LogP contribution in [0.3, 0.4) is 0 Å². The average molecular weight is 284 g/mol. The van der Waals surface area contributed by atoms with Crippen molar-refractivity contribution in [3.8, 4) is 0 Å². The Morgan fingerprint density at radius 1 is 1.05 bits per heavy atom. The molecule has 0 bridgehead atoms. The van der Waals surface area contributed by atoms with Gasteiger partial charge in [0.1, 0.15) is 6.10 Å². The molecule has 0 saturated carbocycles. The second-order valence-corrected chi connectivity index (χ2v) is 4.96. The van der Waals surface area contributed by atoms with Crippen molar-refractivity contribution in [2.45, 2.75) is 32.0 Å². The zero-order chi connectivity index (χ0) is 15.1. The van der Waals surface area contributed by atoms with E-state index >= 15 is 0 Å². The smallest absolute Gasteiger partial charge is 0.338 e. The lowest BCUT2D eigenvalue weighted by Crippen LogP contribution is -2.20. The Hall–Kier alpha value is -2.13. The minimum atomic E-state index is -0.625. The van der Waals surface area contributed by atoms with Gasteiger partial charge in [0, 0.05) is 6.42 Å². The second-order valence-electron chi connectivity index (χ2n) is 4.96. The van der Waals surface area contributed by atoms with Crippen LogP contribution in [0.15, 0.2) is 60.7 Å². The zero-order valence-corrected chi connectivity index (χ0v) is 12.1. The molecule has 0 aliphatic heterocycles.